The van der Waals surface area contributed by atoms with Crippen LogP contribution in [0.4, 0.5) is 10.5 Å². The van der Waals surface area contributed by atoms with E-state index in [2.05, 4.69) is 26.7 Å². The molecule has 0 aliphatic heterocycles. The van der Waals surface area contributed by atoms with E-state index in [1.165, 1.54) is 0 Å². The lowest BCUT2D eigenvalue weighted by atomic mass is 9.92. The number of methoxy groups -OCH3 is 2. The standard InChI is InChI=1S/C24H24N4O3/c1-30-17-9-10-23(31-2)22(12-17)28-24(29)27-14-19(16-6-5-11-25-13-16)20-15-26-21-8-4-3-7-18(20)21/h3-13,15,19,26H,14H2,1-2H3,(H2,27,28,29). The summed E-state index contributed by atoms with van der Waals surface area (Å²) in [5.41, 5.74) is 3.70. The number of urea groups is 1. The third kappa shape index (κ3) is 4.45. The second-order valence-electron chi connectivity index (χ2n) is 7.03. The van der Waals surface area contributed by atoms with Gasteiger partial charge in [0, 0.05) is 48.0 Å². The maximum atomic E-state index is 12.7. The van der Waals surface area contributed by atoms with Gasteiger partial charge in [-0.25, -0.2) is 4.79 Å². The molecule has 2 amide bonds. The van der Waals surface area contributed by atoms with Gasteiger partial charge in [-0.05, 0) is 35.4 Å². The highest BCUT2D eigenvalue weighted by atomic mass is 16.5. The second-order valence-corrected chi connectivity index (χ2v) is 7.03. The van der Waals surface area contributed by atoms with Crippen LogP contribution in [0.15, 0.2) is 73.2 Å². The van der Waals surface area contributed by atoms with E-state index in [9.17, 15) is 4.79 Å². The number of rotatable bonds is 7. The van der Waals surface area contributed by atoms with Gasteiger partial charge in [-0.15, -0.1) is 0 Å². The third-order valence-corrected chi connectivity index (χ3v) is 5.21. The lowest BCUT2D eigenvalue weighted by molar-refractivity contribution is 0.251. The van der Waals surface area contributed by atoms with Gasteiger partial charge in [0.2, 0.25) is 0 Å². The number of amides is 2. The largest absolute Gasteiger partial charge is 0.497 e. The molecule has 0 saturated heterocycles. The van der Waals surface area contributed by atoms with Crippen LogP contribution in [0.25, 0.3) is 10.9 Å². The first-order valence-corrected chi connectivity index (χ1v) is 9.92. The van der Waals surface area contributed by atoms with Gasteiger partial charge >= 0.3 is 6.03 Å². The summed E-state index contributed by atoms with van der Waals surface area (Å²) in [5.74, 6) is 1.11. The number of aromatic amines is 1. The summed E-state index contributed by atoms with van der Waals surface area (Å²) in [6, 6.07) is 16.9. The molecular formula is C24H24N4O3. The summed E-state index contributed by atoms with van der Waals surface area (Å²) in [4.78, 5) is 20.3. The summed E-state index contributed by atoms with van der Waals surface area (Å²) >= 11 is 0. The summed E-state index contributed by atoms with van der Waals surface area (Å²) in [7, 11) is 3.13. The Morgan fingerprint density at radius 1 is 1.10 bits per heavy atom. The number of H-pyrrole nitrogens is 1. The van der Waals surface area contributed by atoms with Crippen molar-refractivity contribution < 1.29 is 14.3 Å². The van der Waals surface area contributed by atoms with Crippen LogP contribution >= 0.6 is 0 Å². The fraction of sp³-hybridized carbons (Fsp3) is 0.167. The summed E-state index contributed by atoms with van der Waals surface area (Å²) in [6.07, 6.45) is 5.56. The summed E-state index contributed by atoms with van der Waals surface area (Å²) < 4.78 is 10.6. The molecular weight excluding hydrogens is 392 g/mol. The van der Waals surface area contributed by atoms with Gasteiger partial charge in [0.1, 0.15) is 11.5 Å². The topological polar surface area (TPSA) is 88.3 Å². The first-order chi connectivity index (χ1) is 15.2. The van der Waals surface area contributed by atoms with Crippen LogP contribution in [0, 0.1) is 0 Å². The first kappa shape index (κ1) is 20.3. The van der Waals surface area contributed by atoms with Crippen LogP contribution in [0.3, 0.4) is 0 Å². The minimum absolute atomic E-state index is 0.0668. The highest BCUT2D eigenvalue weighted by Gasteiger charge is 2.19. The molecule has 2 aromatic heterocycles. The molecule has 158 valence electrons. The molecule has 0 fully saturated rings. The van der Waals surface area contributed by atoms with E-state index in [0.717, 1.165) is 22.0 Å². The molecule has 2 heterocycles. The average molecular weight is 416 g/mol. The highest BCUT2D eigenvalue weighted by molar-refractivity contribution is 5.91. The Hall–Kier alpha value is -4.00. The fourth-order valence-electron chi connectivity index (χ4n) is 3.64. The van der Waals surface area contributed by atoms with Gasteiger partial charge in [-0.2, -0.15) is 0 Å². The zero-order chi connectivity index (χ0) is 21.6. The molecule has 4 rings (SSSR count). The maximum absolute atomic E-state index is 12.7. The third-order valence-electron chi connectivity index (χ3n) is 5.21. The second kappa shape index (κ2) is 9.21. The predicted octanol–water partition coefficient (Wildman–Crippen LogP) is 4.53. The molecule has 0 saturated carbocycles. The predicted molar refractivity (Wildman–Crippen MR) is 121 cm³/mol. The molecule has 4 aromatic rings. The molecule has 7 heteroatoms. The quantitative estimate of drug-likeness (QED) is 0.413. The lowest BCUT2D eigenvalue weighted by Crippen LogP contribution is -2.32. The van der Waals surface area contributed by atoms with Crippen molar-refractivity contribution in [2.24, 2.45) is 0 Å². The molecule has 1 atom stereocenters. The minimum atomic E-state index is -0.333. The number of benzene rings is 2. The Bertz CT molecular complexity index is 1170. The molecule has 31 heavy (non-hydrogen) atoms. The van der Waals surface area contributed by atoms with Crippen LogP contribution in [0.5, 0.6) is 11.5 Å². The summed E-state index contributed by atoms with van der Waals surface area (Å²) in [5, 5.41) is 6.95. The van der Waals surface area contributed by atoms with Gasteiger partial charge in [0.15, 0.2) is 0 Å². The number of anilines is 1. The van der Waals surface area contributed by atoms with Gasteiger partial charge in [0.25, 0.3) is 0 Å². The molecule has 7 nitrogen and oxygen atoms in total. The van der Waals surface area contributed by atoms with Crippen LogP contribution in [-0.4, -0.2) is 36.8 Å². The molecule has 0 spiro atoms. The molecule has 2 aromatic carbocycles. The smallest absolute Gasteiger partial charge is 0.319 e. The van der Waals surface area contributed by atoms with E-state index in [1.807, 2.05) is 42.7 Å². The van der Waals surface area contributed by atoms with E-state index in [4.69, 9.17) is 9.47 Å². The van der Waals surface area contributed by atoms with Gasteiger partial charge in [0.05, 0.1) is 19.9 Å². The van der Waals surface area contributed by atoms with E-state index < -0.39 is 0 Å². The molecule has 0 radical (unpaired) electrons. The van der Waals surface area contributed by atoms with E-state index >= 15 is 0 Å². The number of nitrogens with zero attached hydrogens (tertiary/aromatic N) is 1. The maximum Gasteiger partial charge on any atom is 0.319 e. The van der Waals surface area contributed by atoms with Crippen molar-refractivity contribution in [2.45, 2.75) is 5.92 Å². The van der Waals surface area contributed by atoms with E-state index in [1.54, 1.807) is 38.6 Å². The molecule has 3 N–H and O–H groups in total. The van der Waals surface area contributed by atoms with E-state index in [-0.39, 0.29) is 11.9 Å². The lowest BCUT2D eigenvalue weighted by Gasteiger charge is -2.18. The highest BCUT2D eigenvalue weighted by Crippen LogP contribution is 2.31. The van der Waals surface area contributed by atoms with E-state index in [0.29, 0.717) is 23.7 Å². The number of aromatic nitrogens is 2. The Labute approximate surface area is 180 Å². The first-order valence-electron chi connectivity index (χ1n) is 9.92. The minimum Gasteiger partial charge on any atom is -0.497 e. The van der Waals surface area contributed by atoms with Crippen molar-refractivity contribution in [3.8, 4) is 11.5 Å². The van der Waals surface area contributed by atoms with Crippen molar-refractivity contribution in [1.29, 1.82) is 0 Å². The number of fused-ring (bicyclic) bond motifs is 1. The van der Waals surface area contributed by atoms with Crippen molar-refractivity contribution in [1.82, 2.24) is 15.3 Å². The van der Waals surface area contributed by atoms with Gasteiger partial charge in [-0.1, -0.05) is 24.3 Å². The number of hydrogen-bond donors (Lipinski definition) is 3. The van der Waals surface area contributed by atoms with Crippen molar-refractivity contribution in [3.63, 3.8) is 0 Å². The molecule has 0 aliphatic carbocycles. The number of carbonyl (C=O) groups is 1. The normalized spacial score (nSPS) is 11.7. The Morgan fingerprint density at radius 2 is 1.97 bits per heavy atom. The zero-order valence-corrected chi connectivity index (χ0v) is 17.4. The molecule has 0 bridgehead atoms. The number of hydrogen-bond acceptors (Lipinski definition) is 4. The number of ether oxygens (including phenoxy) is 2. The summed E-state index contributed by atoms with van der Waals surface area (Å²) in [6.45, 7) is 0.395. The zero-order valence-electron chi connectivity index (χ0n) is 17.4. The van der Waals surface area contributed by atoms with Gasteiger partial charge < -0.3 is 25.1 Å². The Morgan fingerprint density at radius 3 is 2.74 bits per heavy atom. The number of nitrogens with one attached hydrogen (secondary N) is 3. The van der Waals surface area contributed by atoms with Crippen molar-refractivity contribution in [3.05, 3.63) is 84.3 Å². The van der Waals surface area contributed by atoms with Crippen molar-refractivity contribution >= 4 is 22.6 Å². The van der Waals surface area contributed by atoms with Crippen molar-refractivity contribution in [2.75, 3.05) is 26.1 Å². The van der Waals surface area contributed by atoms with Crippen LogP contribution in [-0.2, 0) is 0 Å². The van der Waals surface area contributed by atoms with Crippen LogP contribution < -0.4 is 20.1 Å². The van der Waals surface area contributed by atoms with Gasteiger partial charge in [-0.3, -0.25) is 4.98 Å². The number of carbonyl (C=O) groups excluding carboxylic acids is 1. The fourth-order valence-corrected chi connectivity index (χ4v) is 3.64. The molecule has 0 aliphatic rings. The Kier molecular flexibility index (Phi) is 6.03. The van der Waals surface area contributed by atoms with Crippen LogP contribution in [0.1, 0.15) is 17.0 Å². The number of para-hydroxylation sites is 1. The monoisotopic (exact) mass is 416 g/mol. The SMILES string of the molecule is COc1ccc(OC)c(NC(=O)NCC(c2cccnc2)c2c[nH]c3ccccc23)c1. The van der Waals surface area contributed by atoms with Crippen LogP contribution in [0.2, 0.25) is 0 Å². The average Bonchev–Trinajstić information content (AvgIpc) is 3.24. The Balaban J connectivity index is 1.55. The molecule has 1 unspecified atom stereocenters. The number of pyridine rings is 1.